The summed E-state index contributed by atoms with van der Waals surface area (Å²) in [6.07, 6.45) is 0. The first-order valence-corrected chi connectivity index (χ1v) is 4.32. The molecule has 0 aliphatic heterocycles. The highest BCUT2D eigenvalue weighted by atomic mass is 16.6. The van der Waals surface area contributed by atoms with E-state index in [1.807, 2.05) is 6.07 Å². The van der Waals surface area contributed by atoms with Gasteiger partial charge < -0.3 is 4.52 Å². The molecule has 1 aromatic heterocycles. The van der Waals surface area contributed by atoms with E-state index >= 15 is 0 Å². The summed E-state index contributed by atoms with van der Waals surface area (Å²) in [5.41, 5.74) is 0.622. The molecule has 0 spiro atoms. The second-order valence-electron chi connectivity index (χ2n) is 3.00. The van der Waals surface area contributed by atoms with Crippen LogP contribution in [0.3, 0.4) is 0 Å². The maximum Gasteiger partial charge on any atom is 0.270 e. The summed E-state index contributed by atoms with van der Waals surface area (Å²) >= 11 is 0. The largest absolute Gasteiger partial charge is 0.355 e. The number of nitrogens with zero attached hydrogens (tertiary/aromatic N) is 3. The van der Waals surface area contributed by atoms with E-state index in [0.29, 0.717) is 11.3 Å². The van der Waals surface area contributed by atoms with Crippen molar-refractivity contribution in [3.63, 3.8) is 0 Å². The van der Waals surface area contributed by atoms with Gasteiger partial charge in [-0.2, -0.15) is 5.26 Å². The molecule has 0 saturated carbocycles. The number of rotatable bonds is 2. The lowest BCUT2D eigenvalue weighted by Crippen LogP contribution is -1.87. The van der Waals surface area contributed by atoms with Gasteiger partial charge in [-0.1, -0.05) is 17.3 Å². The van der Waals surface area contributed by atoms with Crippen LogP contribution in [0.25, 0.3) is 11.3 Å². The lowest BCUT2D eigenvalue weighted by atomic mass is 10.1. The molecule has 0 radical (unpaired) electrons. The van der Waals surface area contributed by atoms with Crippen molar-refractivity contribution in [2.75, 3.05) is 0 Å². The molecule has 6 heteroatoms. The Morgan fingerprint density at radius 2 is 2.25 bits per heavy atom. The van der Waals surface area contributed by atoms with E-state index in [1.165, 1.54) is 18.2 Å². The maximum atomic E-state index is 10.6. The van der Waals surface area contributed by atoms with Crippen molar-refractivity contribution >= 4 is 5.69 Å². The quantitative estimate of drug-likeness (QED) is 0.565. The molecule has 0 unspecified atom stereocenters. The van der Waals surface area contributed by atoms with E-state index in [1.54, 1.807) is 12.1 Å². The minimum absolute atomic E-state index is 0.0348. The summed E-state index contributed by atoms with van der Waals surface area (Å²) in [5.74, 6) is 0.334. The number of nitro groups is 1. The molecule has 0 saturated heterocycles. The third-order valence-corrected chi connectivity index (χ3v) is 1.97. The van der Waals surface area contributed by atoms with Crippen LogP contribution < -0.4 is 0 Å². The average molecular weight is 215 g/mol. The molecule has 0 atom stereocenters. The van der Waals surface area contributed by atoms with Gasteiger partial charge in [0.25, 0.3) is 5.69 Å². The van der Waals surface area contributed by atoms with Gasteiger partial charge >= 0.3 is 0 Å². The minimum Gasteiger partial charge on any atom is -0.355 e. The highest BCUT2D eigenvalue weighted by Gasteiger charge is 2.10. The normalized spacial score (nSPS) is 9.69. The first-order chi connectivity index (χ1) is 7.70. The van der Waals surface area contributed by atoms with Crippen LogP contribution in [0.2, 0.25) is 0 Å². The van der Waals surface area contributed by atoms with Crippen LogP contribution in [-0.4, -0.2) is 10.1 Å². The zero-order valence-electron chi connectivity index (χ0n) is 7.95. The van der Waals surface area contributed by atoms with Gasteiger partial charge in [-0.25, -0.2) is 0 Å². The Bertz CT molecular complexity index is 583. The highest BCUT2D eigenvalue weighted by Crippen LogP contribution is 2.24. The van der Waals surface area contributed by atoms with Crippen molar-refractivity contribution in [2.24, 2.45) is 0 Å². The van der Waals surface area contributed by atoms with Crippen molar-refractivity contribution in [1.82, 2.24) is 5.16 Å². The Morgan fingerprint density at radius 3 is 2.88 bits per heavy atom. The van der Waals surface area contributed by atoms with Crippen LogP contribution in [0.5, 0.6) is 0 Å². The fourth-order valence-electron chi connectivity index (χ4n) is 1.24. The maximum absolute atomic E-state index is 10.6. The van der Waals surface area contributed by atoms with Crippen LogP contribution >= 0.6 is 0 Å². The summed E-state index contributed by atoms with van der Waals surface area (Å²) in [5, 5.41) is 22.6. The van der Waals surface area contributed by atoms with E-state index in [2.05, 4.69) is 5.16 Å². The molecular formula is C10H5N3O3. The number of nitro benzene ring substituents is 1. The predicted octanol–water partition coefficient (Wildman–Crippen LogP) is 2.12. The van der Waals surface area contributed by atoms with Crippen LogP contribution in [0, 0.1) is 21.4 Å². The molecule has 1 aromatic carbocycles. The van der Waals surface area contributed by atoms with Gasteiger partial charge in [0.2, 0.25) is 0 Å². The van der Waals surface area contributed by atoms with Crippen molar-refractivity contribution < 1.29 is 9.45 Å². The molecule has 0 fully saturated rings. The molecule has 78 valence electrons. The Labute approximate surface area is 89.9 Å². The third-order valence-electron chi connectivity index (χ3n) is 1.97. The second-order valence-corrected chi connectivity index (χ2v) is 3.00. The summed E-state index contributed by atoms with van der Waals surface area (Å²) in [6, 6.07) is 9.18. The molecule has 6 nitrogen and oxygen atoms in total. The smallest absolute Gasteiger partial charge is 0.270 e. The van der Waals surface area contributed by atoms with Gasteiger partial charge in [0.05, 0.1) is 4.92 Å². The summed E-state index contributed by atoms with van der Waals surface area (Å²) in [6.45, 7) is 0. The number of aromatic nitrogens is 1. The van der Waals surface area contributed by atoms with Crippen molar-refractivity contribution in [1.29, 1.82) is 5.26 Å². The Hall–Kier alpha value is -2.68. The topological polar surface area (TPSA) is 93.0 Å². The van der Waals surface area contributed by atoms with Gasteiger partial charge in [-0.3, -0.25) is 10.1 Å². The fraction of sp³-hybridized carbons (Fsp3) is 0. The van der Waals surface area contributed by atoms with E-state index < -0.39 is 4.92 Å². The third kappa shape index (κ3) is 1.74. The fourth-order valence-corrected chi connectivity index (χ4v) is 1.24. The van der Waals surface area contributed by atoms with E-state index in [4.69, 9.17) is 9.78 Å². The van der Waals surface area contributed by atoms with Crippen molar-refractivity contribution in [2.45, 2.75) is 0 Å². The molecule has 1 heterocycles. The number of hydrogen-bond acceptors (Lipinski definition) is 5. The van der Waals surface area contributed by atoms with Gasteiger partial charge in [0, 0.05) is 23.8 Å². The molecular weight excluding hydrogens is 210 g/mol. The minimum atomic E-state index is -0.495. The second kappa shape index (κ2) is 3.82. The van der Waals surface area contributed by atoms with Crippen molar-refractivity contribution in [3.05, 3.63) is 46.1 Å². The van der Waals surface area contributed by atoms with Gasteiger partial charge in [0.15, 0.2) is 11.5 Å². The molecule has 0 aliphatic carbocycles. The lowest BCUT2D eigenvalue weighted by molar-refractivity contribution is -0.384. The Kier molecular flexibility index (Phi) is 2.36. The van der Waals surface area contributed by atoms with E-state index in [9.17, 15) is 10.1 Å². The summed E-state index contributed by atoms with van der Waals surface area (Å²) in [4.78, 5) is 10.1. The molecule has 2 rings (SSSR count). The summed E-state index contributed by atoms with van der Waals surface area (Å²) in [7, 11) is 0. The van der Waals surface area contributed by atoms with E-state index in [-0.39, 0.29) is 11.4 Å². The first-order valence-electron chi connectivity index (χ1n) is 4.32. The highest BCUT2D eigenvalue weighted by molar-refractivity contribution is 5.61. The SMILES string of the molecule is N#Cc1cc(-c2cccc([N+](=O)[O-])c2)on1. The molecule has 0 amide bonds. The van der Waals surface area contributed by atoms with Gasteiger partial charge in [0.1, 0.15) is 6.07 Å². The monoisotopic (exact) mass is 215 g/mol. The number of benzene rings is 1. The molecule has 2 aromatic rings. The molecule has 0 bridgehead atoms. The predicted molar refractivity (Wildman–Crippen MR) is 53.3 cm³/mol. The van der Waals surface area contributed by atoms with Gasteiger partial charge in [-0.15, -0.1) is 0 Å². The first kappa shape index (κ1) is 9.86. The van der Waals surface area contributed by atoms with Gasteiger partial charge in [-0.05, 0) is 0 Å². The molecule has 0 N–H and O–H groups in total. The average Bonchev–Trinajstić information content (AvgIpc) is 2.77. The van der Waals surface area contributed by atoms with Crippen LogP contribution in [0.15, 0.2) is 34.9 Å². The van der Waals surface area contributed by atoms with Crippen LogP contribution in [0.4, 0.5) is 5.69 Å². The van der Waals surface area contributed by atoms with Crippen LogP contribution in [-0.2, 0) is 0 Å². The Balaban J connectivity index is 2.44. The van der Waals surface area contributed by atoms with Crippen LogP contribution in [0.1, 0.15) is 5.69 Å². The number of non-ortho nitro benzene ring substituents is 1. The van der Waals surface area contributed by atoms with E-state index in [0.717, 1.165) is 0 Å². The van der Waals surface area contributed by atoms with Crippen molar-refractivity contribution in [3.8, 4) is 17.4 Å². The standard InChI is InChI=1S/C10H5N3O3/c11-6-8-5-10(16-12-8)7-2-1-3-9(4-7)13(14)15/h1-5H. The lowest BCUT2D eigenvalue weighted by Gasteiger charge is -1.94. The Morgan fingerprint density at radius 1 is 1.44 bits per heavy atom. The summed E-state index contributed by atoms with van der Waals surface area (Å²) < 4.78 is 4.88. The number of hydrogen-bond donors (Lipinski definition) is 0. The molecule has 0 aliphatic rings. The molecule has 16 heavy (non-hydrogen) atoms. The number of nitriles is 1. The zero-order chi connectivity index (χ0) is 11.5. The zero-order valence-corrected chi connectivity index (χ0v) is 7.95.